The number of hydrogen-bond donors (Lipinski definition) is 2. The van der Waals surface area contributed by atoms with Gasteiger partial charge in [-0.1, -0.05) is 6.07 Å². The summed E-state index contributed by atoms with van der Waals surface area (Å²) >= 11 is 0. The summed E-state index contributed by atoms with van der Waals surface area (Å²) in [6.07, 6.45) is 3.90. The van der Waals surface area contributed by atoms with E-state index in [9.17, 15) is 17.6 Å². The third kappa shape index (κ3) is 4.63. The summed E-state index contributed by atoms with van der Waals surface area (Å²) in [5.74, 6) is -1.11. The Morgan fingerprint density at radius 2 is 1.76 bits per heavy atom. The van der Waals surface area contributed by atoms with Crippen LogP contribution in [0.4, 0.5) is 14.5 Å². The lowest BCUT2D eigenvalue weighted by Crippen LogP contribution is -2.25. The Hall–Kier alpha value is -5.17. The van der Waals surface area contributed by atoms with Crippen LogP contribution in [0.2, 0.25) is 0 Å². The number of carbonyl (C=O) groups excluding carboxylic acids is 1. The summed E-state index contributed by atoms with van der Waals surface area (Å²) in [6, 6.07) is 12.9. The summed E-state index contributed by atoms with van der Waals surface area (Å²) in [4.78, 5) is 28.5. The van der Waals surface area contributed by atoms with Crippen molar-refractivity contribution in [1.82, 2.24) is 25.3 Å². The van der Waals surface area contributed by atoms with E-state index in [0.29, 0.717) is 33.2 Å². The van der Waals surface area contributed by atoms with Crippen LogP contribution in [-0.2, 0) is 10.0 Å². The van der Waals surface area contributed by atoms with Crippen LogP contribution in [0.15, 0.2) is 71.5 Å². The van der Waals surface area contributed by atoms with E-state index in [4.69, 9.17) is 4.42 Å². The first kappa shape index (κ1) is 27.0. The van der Waals surface area contributed by atoms with E-state index in [2.05, 4.69) is 25.3 Å². The maximum absolute atomic E-state index is 15.1. The van der Waals surface area contributed by atoms with E-state index < -0.39 is 27.6 Å². The van der Waals surface area contributed by atoms with Crippen molar-refractivity contribution in [3.05, 3.63) is 84.3 Å². The number of rotatable bonds is 6. The zero-order valence-electron chi connectivity index (χ0n) is 22.4. The van der Waals surface area contributed by atoms with Gasteiger partial charge in [-0.25, -0.2) is 32.2 Å². The van der Waals surface area contributed by atoms with E-state index >= 15 is 4.39 Å². The monoisotopic (exact) mass is 588 g/mol. The molecule has 0 aliphatic rings. The molecule has 42 heavy (non-hydrogen) atoms. The van der Waals surface area contributed by atoms with Gasteiger partial charge in [0, 0.05) is 36.7 Å². The molecule has 212 valence electrons. The van der Waals surface area contributed by atoms with Crippen LogP contribution in [0.3, 0.4) is 0 Å². The molecule has 0 unspecified atom stereocenters. The number of carbonyl (C=O) groups is 1. The Labute approximate surface area is 238 Å². The Morgan fingerprint density at radius 3 is 2.45 bits per heavy atom. The molecule has 1 amide bonds. The van der Waals surface area contributed by atoms with Gasteiger partial charge in [0.25, 0.3) is 5.91 Å². The van der Waals surface area contributed by atoms with Gasteiger partial charge in [-0.15, -0.1) is 0 Å². The van der Waals surface area contributed by atoms with Crippen molar-refractivity contribution < 1.29 is 26.4 Å². The van der Waals surface area contributed by atoms with E-state index in [1.54, 1.807) is 6.07 Å². The number of halogens is 2. The highest BCUT2D eigenvalue weighted by Gasteiger charge is 2.26. The van der Waals surface area contributed by atoms with Crippen molar-refractivity contribution in [2.75, 3.05) is 24.7 Å². The van der Waals surface area contributed by atoms with Gasteiger partial charge in [-0.2, -0.15) is 0 Å². The van der Waals surface area contributed by atoms with Gasteiger partial charge in [0.1, 0.15) is 40.6 Å². The third-order valence-electron chi connectivity index (χ3n) is 6.90. The first-order valence-corrected chi connectivity index (χ1v) is 14.4. The molecule has 0 radical (unpaired) electrons. The predicted octanol–water partition coefficient (Wildman–Crippen LogP) is 5.13. The Morgan fingerprint density at radius 1 is 1.02 bits per heavy atom. The van der Waals surface area contributed by atoms with Gasteiger partial charge >= 0.3 is 0 Å². The molecule has 2 N–H and O–H groups in total. The molecule has 0 spiro atoms. The molecule has 10 nitrogen and oxygen atoms in total. The minimum atomic E-state index is -3.76. The summed E-state index contributed by atoms with van der Waals surface area (Å²) in [6.45, 7) is 0. The van der Waals surface area contributed by atoms with Crippen molar-refractivity contribution in [1.29, 1.82) is 0 Å². The molecule has 0 atom stereocenters. The van der Waals surface area contributed by atoms with Gasteiger partial charge in [-0.05, 0) is 48.0 Å². The number of aromatic amines is 1. The van der Waals surface area contributed by atoms with Crippen LogP contribution in [0.5, 0.6) is 0 Å². The average molecular weight is 589 g/mol. The highest BCUT2D eigenvalue weighted by molar-refractivity contribution is 7.92. The molecule has 0 aliphatic heterocycles. The number of aromatic nitrogens is 4. The molecule has 13 heteroatoms. The molecule has 0 aliphatic carbocycles. The molecular weight excluding hydrogens is 566 g/mol. The van der Waals surface area contributed by atoms with Crippen LogP contribution in [0.25, 0.3) is 56.0 Å². The summed E-state index contributed by atoms with van der Waals surface area (Å²) in [5, 5.41) is 2.97. The number of furan rings is 1. The fraction of sp³-hybridized carbons (Fsp3) is 0.103. The number of amides is 1. The van der Waals surface area contributed by atoms with Crippen LogP contribution in [0, 0.1) is 11.6 Å². The van der Waals surface area contributed by atoms with Gasteiger partial charge in [0.05, 0.1) is 29.3 Å². The smallest absolute Gasteiger partial charge is 0.255 e. The molecule has 0 saturated heterocycles. The SMILES string of the molecule is CNC(=O)c1c(-c2ccc(F)cc2)oc2cc(N(C)S(C)(=O)=O)c(-c3ccc(F)c(-c4nc5ncncc5[nH]4)c3)cc12. The zero-order chi connectivity index (χ0) is 29.8. The third-order valence-corrected chi connectivity index (χ3v) is 8.09. The minimum absolute atomic E-state index is 0.115. The van der Waals surface area contributed by atoms with Crippen molar-refractivity contribution in [3.63, 3.8) is 0 Å². The first-order valence-electron chi connectivity index (χ1n) is 12.5. The zero-order valence-corrected chi connectivity index (χ0v) is 23.3. The minimum Gasteiger partial charge on any atom is -0.455 e. The fourth-order valence-electron chi connectivity index (χ4n) is 4.72. The number of nitrogens with zero attached hydrogens (tertiary/aromatic N) is 4. The quantitative estimate of drug-likeness (QED) is 0.275. The largest absolute Gasteiger partial charge is 0.455 e. The number of nitrogens with one attached hydrogen (secondary N) is 2. The van der Waals surface area contributed by atoms with Crippen LogP contribution < -0.4 is 9.62 Å². The second kappa shape index (κ2) is 10.0. The predicted molar refractivity (Wildman–Crippen MR) is 154 cm³/mol. The number of imidazole rings is 1. The van der Waals surface area contributed by atoms with Crippen molar-refractivity contribution in [2.24, 2.45) is 0 Å². The second-order valence-electron chi connectivity index (χ2n) is 9.53. The highest BCUT2D eigenvalue weighted by atomic mass is 32.2. The number of sulfonamides is 1. The lowest BCUT2D eigenvalue weighted by Gasteiger charge is -2.21. The van der Waals surface area contributed by atoms with Gasteiger partial charge in [0.2, 0.25) is 10.0 Å². The summed E-state index contributed by atoms with van der Waals surface area (Å²) in [7, 11) is -0.916. The van der Waals surface area contributed by atoms with Crippen LogP contribution in [-0.4, -0.2) is 54.6 Å². The van der Waals surface area contributed by atoms with E-state index in [0.717, 1.165) is 10.6 Å². The van der Waals surface area contributed by atoms with Crippen molar-refractivity contribution in [2.45, 2.75) is 0 Å². The molecule has 3 heterocycles. The normalized spacial score (nSPS) is 11.7. The van der Waals surface area contributed by atoms with E-state index in [-0.39, 0.29) is 34.0 Å². The number of fused-ring (bicyclic) bond motifs is 2. The Kier molecular flexibility index (Phi) is 6.45. The Bertz CT molecular complexity index is 2090. The molecule has 0 saturated carbocycles. The number of benzene rings is 3. The number of hydrogen-bond acceptors (Lipinski definition) is 7. The number of anilines is 1. The molecule has 3 aromatic carbocycles. The molecular formula is C29H22F2N6O4S. The van der Waals surface area contributed by atoms with E-state index in [1.165, 1.54) is 75.2 Å². The topological polar surface area (TPSA) is 134 Å². The molecule has 6 rings (SSSR count). The van der Waals surface area contributed by atoms with E-state index in [1.807, 2.05) is 0 Å². The first-order chi connectivity index (χ1) is 20.0. The number of H-pyrrole nitrogens is 1. The van der Waals surface area contributed by atoms with Crippen LogP contribution in [0.1, 0.15) is 10.4 Å². The Balaban J connectivity index is 1.63. The van der Waals surface area contributed by atoms with Gasteiger partial charge in [0.15, 0.2) is 5.65 Å². The summed E-state index contributed by atoms with van der Waals surface area (Å²) in [5.41, 5.74) is 2.87. The highest BCUT2D eigenvalue weighted by Crippen LogP contribution is 2.42. The maximum atomic E-state index is 15.1. The maximum Gasteiger partial charge on any atom is 0.255 e. The van der Waals surface area contributed by atoms with Crippen LogP contribution >= 0.6 is 0 Å². The lowest BCUT2D eigenvalue weighted by molar-refractivity contribution is 0.0964. The van der Waals surface area contributed by atoms with Gasteiger partial charge in [-0.3, -0.25) is 9.10 Å². The lowest BCUT2D eigenvalue weighted by atomic mass is 9.97. The van der Waals surface area contributed by atoms with Gasteiger partial charge < -0.3 is 14.7 Å². The molecule has 6 aromatic rings. The second-order valence-corrected chi connectivity index (χ2v) is 11.5. The van der Waals surface area contributed by atoms with Crippen molar-refractivity contribution >= 4 is 43.8 Å². The molecule has 0 bridgehead atoms. The fourth-order valence-corrected chi connectivity index (χ4v) is 5.23. The average Bonchev–Trinajstić information content (AvgIpc) is 3.57. The molecule has 3 aromatic heterocycles. The molecule has 0 fully saturated rings. The van der Waals surface area contributed by atoms with Crippen molar-refractivity contribution in [3.8, 4) is 33.8 Å². The standard InChI is InChI=1S/C29H22F2N6O4S/c1-32-29(38)25-20-11-18(16-6-9-21(31)19(10-16)27-35-22-13-33-14-34-28(22)36-27)23(37(2)42(3,39)40)12-24(20)41-26(25)15-4-7-17(30)8-5-15/h4-14H,1-3H3,(H,32,38)(H,33,34,35,36). The summed E-state index contributed by atoms with van der Waals surface area (Å²) < 4.78 is 61.3.